The average molecular weight is 288 g/mol. The van der Waals surface area contributed by atoms with Crippen LogP contribution in [0.4, 0.5) is 11.4 Å². The van der Waals surface area contributed by atoms with Crippen LogP contribution in [0.1, 0.15) is 36.1 Å². The molecule has 0 aliphatic rings. The predicted octanol–water partition coefficient (Wildman–Crippen LogP) is 2.93. The van der Waals surface area contributed by atoms with Crippen LogP contribution in [0.2, 0.25) is 0 Å². The molecule has 1 aromatic carbocycles. The van der Waals surface area contributed by atoms with E-state index in [0.717, 1.165) is 0 Å². The van der Waals surface area contributed by atoms with Gasteiger partial charge in [0.25, 0.3) is 11.6 Å². The van der Waals surface area contributed by atoms with Gasteiger partial charge in [0.1, 0.15) is 0 Å². The summed E-state index contributed by atoms with van der Waals surface area (Å²) >= 11 is 0. The lowest BCUT2D eigenvalue weighted by atomic mass is 10.2. The van der Waals surface area contributed by atoms with Gasteiger partial charge >= 0.3 is 0 Å². The Morgan fingerprint density at radius 2 is 2.14 bits per heavy atom. The number of anilines is 1. The molecule has 110 valence electrons. The Kier molecular flexibility index (Phi) is 4.02. The van der Waals surface area contributed by atoms with Crippen molar-refractivity contribution in [2.45, 2.75) is 26.8 Å². The van der Waals surface area contributed by atoms with Crippen LogP contribution in [-0.4, -0.2) is 20.4 Å². The van der Waals surface area contributed by atoms with E-state index >= 15 is 0 Å². The maximum absolute atomic E-state index is 12.2. The summed E-state index contributed by atoms with van der Waals surface area (Å²) in [7, 11) is 0. The molecule has 1 aromatic heterocycles. The third-order valence-electron chi connectivity index (χ3n) is 3.08. The maximum Gasteiger partial charge on any atom is 0.291 e. The van der Waals surface area contributed by atoms with Crippen molar-refractivity contribution in [1.82, 2.24) is 9.55 Å². The molecule has 7 nitrogen and oxygen atoms in total. The third kappa shape index (κ3) is 3.07. The van der Waals surface area contributed by atoms with Gasteiger partial charge < -0.3 is 9.88 Å². The Morgan fingerprint density at radius 1 is 1.43 bits per heavy atom. The topological polar surface area (TPSA) is 90.1 Å². The van der Waals surface area contributed by atoms with E-state index in [1.54, 1.807) is 30.0 Å². The number of imidazole rings is 1. The summed E-state index contributed by atoms with van der Waals surface area (Å²) in [6.45, 7) is 5.53. The average Bonchev–Trinajstić information content (AvgIpc) is 2.87. The third-order valence-corrected chi connectivity index (χ3v) is 3.08. The van der Waals surface area contributed by atoms with Crippen LogP contribution in [0.15, 0.2) is 30.6 Å². The highest BCUT2D eigenvalue weighted by molar-refractivity contribution is 6.01. The fraction of sp³-hybridized carbons (Fsp3) is 0.286. The van der Waals surface area contributed by atoms with Crippen molar-refractivity contribution < 1.29 is 9.72 Å². The SMILES string of the molecule is Cc1cc(NC(=O)c2nccn2C(C)C)ccc1[N+](=O)[O-]. The van der Waals surface area contributed by atoms with Crippen LogP contribution in [0.25, 0.3) is 0 Å². The zero-order chi connectivity index (χ0) is 15.6. The second-order valence-corrected chi connectivity index (χ2v) is 4.96. The molecule has 1 heterocycles. The molecule has 0 aliphatic carbocycles. The van der Waals surface area contributed by atoms with Gasteiger partial charge in [0, 0.05) is 35.8 Å². The van der Waals surface area contributed by atoms with Crippen LogP contribution in [0.3, 0.4) is 0 Å². The van der Waals surface area contributed by atoms with Crippen molar-refractivity contribution in [3.63, 3.8) is 0 Å². The number of amides is 1. The number of aromatic nitrogens is 2. The van der Waals surface area contributed by atoms with E-state index in [0.29, 0.717) is 17.1 Å². The van der Waals surface area contributed by atoms with Crippen molar-refractivity contribution in [1.29, 1.82) is 0 Å². The Balaban J connectivity index is 2.22. The molecule has 2 aromatic rings. The number of carbonyl (C=O) groups is 1. The molecular weight excluding hydrogens is 272 g/mol. The summed E-state index contributed by atoms with van der Waals surface area (Å²) in [5, 5.41) is 13.5. The van der Waals surface area contributed by atoms with Crippen LogP contribution in [0.5, 0.6) is 0 Å². The van der Waals surface area contributed by atoms with E-state index in [1.165, 1.54) is 12.1 Å². The highest BCUT2D eigenvalue weighted by atomic mass is 16.6. The molecule has 0 saturated heterocycles. The van der Waals surface area contributed by atoms with Crippen molar-refractivity contribution in [3.05, 3.63) is 52.1 Å². The number of nitrogens with zero attached hydrogens (tertiary/aromatic N) is 3. The summed E-state index contributed by atoms with van der Waals surface area (Å²) in [4.78, 5) is 26.6. The molecule has 0 aliphatic heterocycles. The maximum atomic E-state index is 12.2. The summed E-state index contributed by atoms with van der Waals surface area (Å²) < 4.78 is 1.76. The molecule has 1 amide bonds. The quantitative estimate of drug-likeness (QED) is 0.691. The number of hydrogen-bond acceptors (Lipinski definition) is 4. The molecule has 0 saturated carbocycles. The van der Waals surface area contributed by atoms with Crippen molar-refractivity contribution in [2.24, 2.45) is 0 Å². The first-order valence-electron chi connectivity index (χ1n) is 6.49. The first-order valence-corrected chi connectivity index (χ1v) is 6.49. The molecular formula is C14H16N4O3. The molecule has 0 bridgehead atoms. The lowest BCUT2D eigenvalue weighted by Crippen LogP contribution is -2.19. The normalized spacial score (nSPS) is 10.7. The van der Waals surface area contributed by atoms with Crippen LogP contribution < -0.4 is 5.32 Å². The minimum atomic E-state index is -0.452. The minimum Gasteiger partial charge on any atom is -0.324 e. The van der Waals surface area contributed by atoms with Gasteiger partial charge in [-0.25, -0.2) is 4.98 Å². The molecule has 0 unspecified atom stereocenters. The summed E-state index contributed by atoms with van der Waals surface area (Å²) in [5.41, 5.74) is 1.02. The van der Waals surface area contributed by atoms with Crippen LogP contribution in [0, 0.1) is 17.0 Å². The zero-order valence-corrected chi connectivity index (χ0v) is 12.0. The fourth-order valence-electron chi connectivity index (χ4n) is 2.03. The van der Waals surface area contributed by atoms with Crippen LogP contribution in [-0.2, 0) is 0 Å². The summed E-state index contributed by atoms with van der Waals surface area (Å²) in [6, 6.07) is 4.57. The van der Waals surface area contributed by atoms with Gasteiger partial charge in [-0.15, -0.1) is 0 Å². The first kappa shape index (κ1) is 14.7. The smallest absolute Gasteiger partial charge is 0.291 e. The van der Waals surface area contributed by atoms with E-state index in [9.17, 15) is 14.9 Å². The second-order valence-electron chi connectivity index (χ2n) is 4.96. The van der Waals surface area contributed by atoms with Gasteiger partial charge in [0.05, 0.1) is 4.92 Å². The minimum absolute atomic E-state index is 0.0247. The van der Waals surface area contributed by atoms with Gasteiger partial charge in [0.2, 0.25) is 0 Å². The van der Waals surface area contributed by atoms with Crippen LogP contribution >= 0.6 is 0 Å². The van der Waals surface area contributed by atoms with Gasteiger partial charge in [-0.2, -0.15) is 0 Å². The van der Waals surface area contributed by atoms with E-state index in [2.05, 4.69) is 10.3 Å². The molecule has 0 radical (unpaired) electrons. The Morgan fingerprint density at radius 3 is 2.71 bits per heavy atom. The lowest BCUT2D eigenvalue weighted by Gasteiger charge is -2.11. The van der Waals surface area contributed by atoms with E-state index in [4.69, 9.17) is 0 Å². The van der Waals surface area contributed by atoms with Crippen molar-refractivity contribution in [2.75, 3.05) is 5.32 Å². The van der Waals surface area contributed by atoms with Gasteiger partial charge in [0.15, 0.2) is 5.82 Å². The Bertz CT molecular complexity index is 691. The standard InChI is InChI=1S/C14H16N4O3/c1-9(2)17-7-6-15-13(17)14(19)16-11-4-5-12(18(20)21)10(3)8-11/h4-9H,1-3H3,(H,16,19). The number of benzene rings is 1. The van der Waals surface area contributed by atoms with Gasteiger partial charge in [-0.05, 0) is 32.9 Å². The number of carbonyl (C=O) groups excluding carboxylic acids is 1. The summed E-state index contributed by atoms with van der Waals surface area (Å²) in [5.74, 6) is -0.0389. The number of nitro groups is 1. The Labute approximate surface area is 121 Å². The zero-order valence-electron chi connectivity index (χ0n) is 12.0. The monoisotopic (exact) mass is 288 g/mol. The first-order chi connectivity index (χ1) is 9.90. The number of nitrogens with one attached hydrogen (secondary N) is 1. The lowest BCUT2D eigenvalue weighted by molar-refractivity contribution is -0.385. The molecule has 2 rings (SSSR count). The van der Waals surface area contributed by atoms with E-state index in [-0.39, 0.29) is 17.6 Å². The van der Waals surface area contributed by atoms with Gasteiger partial charge in [-0.3, -0.25) is 14.9 Å². The number of aryl methyl sites for hydroxylation is 1. The molecule has 0 atom stereocenters. The van der Waals surface area contributed by atoms with E-state index < -0.39 is 4.92 Å². The molecule has 0 fully saturated rings. The van der Waals surface area contributed by atoms with Gasteiger partial charge in [-0.1, -0.05) is 0 Å². The second kappa shape index (κ2) is 5.74. The summed E-state index contributed by atoms with van der Waals surface area (Å²) in [6.07, 6.45) is 3.30. The Hall–Kier alpha value is -2.70. The predicted molar refractivity (Wildman–Crippen MR) is 78.4 cm³/mol. The molecule has 1 N–H and O–H groups in total. The number of nitro benzene ring substituents is 1. The molecule has 7 heteroatoms. The van der Waals surface area contributed by atoms with E-state index in [1.807, 2.05) is 13.8 Å². The molecule has 0 spiro atoms. The number of hydrogen-bond donors (Lipinski definition) is 1. The fourth-order valence-corrected chi connectivity index (χ4v) is 2.03. The highest BCUT2D eigenvalue weighted by Gasteiger charge is 2.16. The highest BCUT2D eigenvalue weighted by Crippen LogP contribution is 2.22. The number of rotatable bonds is 4. The van der Waals surface area contributed by atoms with Crippen molar-refractivity contribution in [3.8, 4) is 0 Å². The van der Waals surface area contributed by atoms with Crippen molar-refractivity contribution >= 4 is 17.3 Å². The largest absolute Gasteiger partial charge is 0.324 e. The molecule has 21 heavy (non-hydrogen) atoms.